The Balaban J connectivity index is 1.51. The molecule has 0 unspecified atom stereocenters. The molecule has 4 fully saturated rings. The first-order valence-electron chi connectivity index (χ1n) is 8.66. The van der Waals surface area contributed by atoms with E-state index in [2.05, 4.69) is 23.1 Å². The van der Waals surface area contributed by atoms with Crippen LogP contribution < -0.4 is 4.90 Å². The quantitative estimate of drug-likeness (QED) is 0.713. The van der Waals surface area contributed by atoms with E-state index >= 15 is 0 Å². The van der Waals surface area contributed by atoms with Gasteiger partial charge in [-0.3, -0.25) is 4.79 Å². The van der Waals surface area contributed by atoms with Crippen molar-refractivity contribution < 1.29 is 4.79 Å². The molecule has 116 valence electrons. The van der Waals surface area contributed by atoms with E-state index in [1.807, 2.05) is 6.07 Å². The van der Waals surface area contributed by atoms with Crippen LogP contribution in [0.15, 0.2) is 24.3 Å². The first-order chi connectivity index (χ1) is 10.6. The van der Waals surface area contributed by atoms with Crippen LogP contribution in [0.1, 0.15) is 44.1 Å². The second-order valence-corrected chi connectivity index (χ2v) is 9.03. The maximum absolute atomic E-state index is 13.5. The van der Waals surface area contributed by atoms with Crippen molar-refractivity contribution in [3.05, 3.63) is 29.8 Å². The number of hydrogen-bond acceptors (Lipinski definition) is 1. The molecule has 2 atom stereocenters. The Labute approximate surface area is 136 Å². The van der Waals surface area contributed by atoms with Crippen molar-refractivity contribution in [1.29, 1.82) is 0 Å². The Bertz CT molecular complexity index is 641. The van der Waals surface area contributed by atoms with Gasteiger partial charge in [-0.05, 0) is 68.4 Å². The number of fused-ring (bicyclic) bond motifs is 1. The van der Waals surface area contributed by atoms with Crippen molar-refractivity contribution in [2.75, 3.05) is 11.4 Å². The number of carbonyl (C=O) groups is 1. The number of halogens is 1. The molecule has 3 heteroatoms. The smallest absolute Gasteiger partial charge is 0.233 e. The molecule has 0 N–H and O–H groups in total. The molecule has 0 saturated heterocycles. The Hall–Kier alpha value is -1.02. The summed E-state index contributed by atoms with van der Waals surface area (Å²) in [5.41, 5.74) is 2.30. The summed E-state index contributed by atoms with van der Waals surface area (Å²) < 4.78 is 0. The van der Waals surface area contributed by atoms with Gasteiger partial charge in [0.25, 0.3) is 0 Å². The summed E-state index contributed by atoms with van der Waals surface area (Å²) in [4.78, 5) is 15.5. The summed E-state index contributed by atoms with van der Waals surface area (Å²) in [5.74, 6) is 1.73. The molecule has 5 aliphatic rings. The van der Waals surface area contributed by atoms with E-state index in [0.29, 0.717) is 17.7 Å². The van der Waals surface area contributed by atoms with E-state index in [4.69, 9.17) is 11.6 Å². The summed E-state index contributed by atoms with van der Waals surface area (Å²) in [6.45, 7) is 0.852. The monoisotopic (exact) mass is 315 g/mol. The maximum Gasteiger partial charge on any atom is 0.233 e. The first kappa shape index (κ1) is 13.4. The van der Waals surface area contributed by atoms with Crippen LogP contribution in [0.4, 0.5) is 5.69 Å². The number of alkyl halides is 1. The largest absolute Gasteiger partial charge is 0.311 e. The average Bonchev–Trinajstić information content (AvgIpc) is 2.87. The van der Waals surface area contributed by atoms with Crippen LogP contribution in [0.3, 0.4) is 0 Å². The van der Waals surface area contributed by atoms with Gasteiger partial charge in [-0.1, -0.05) is 18.2 Å². The Morgan fingerprint density at radius 1 is 1.14 bits per heavy atom. The molecule has 1 aromatic carbocycles. The predicted octanol–water partition coefficient (Wildman–Crippen LogP) is 4.15. The van der Waals surface area contributed by atoms with Crippen molar-refractivity contribution in [1.82, 2.24) is 0 Å². The zero-order valence-corrected chi connectivity index (χ0v) is 13.6. The van der Waals surface area contributed by atoms with E-state index < -0.39 is 0 Å². The minimum absolute atomic E-state index is 0.0843. The number of nitrogens with zero attached hydrogens (tertiary/aromatic N) is 1. The first-order valence-corrected chi connectivity index (χ1v) is 9.04. The fourth-order valence-electron chi connectivity index (χ4n) is 6.24. The molecular formula is C19H22ClNO. The fourth-order valence-corrected chi connectivity index (χ4v) is 6.93. The van der Waals surface area contributed by atoms with Gasteiger partial charge in [-0.2, -0.15) is 0 Å². The standard InChI is InChI=1S/C19H22ClNO/c20-19-10-13-7-14(11-19)9-18(8-13,12-19)17(22)21-6-5-15-3-1-2-4-16(15)21/h1-4,13-14H,5-12H2/t13-,14-,18?,19?/m0/s1. The summed E-state index contributed by atoms with van der Waals surface area (Å²) >= 11 is 6.90. The third-order valence-electron chi connectivity index (χ3n) is 6.58. The molecule has 1 aromatic rings. The molecule has 4 bridgehead atoms. The van der Waals surface area contributed by atoms with E-state index in [1.54, 1.807) is 0 Å². The number of para-hydroxylation sites is 1. The lowest BCUT2D eigenvalue weighted by atomic mass is 9.49. The molecule has 0 radical (unpaired) electrons. The van der Waals surface area contributed by atoms with E-state index in [1.165, 1.54) is 12.0 Å². The summed E-state index contributed by atoms with van der Waals surface area (Å²) in [5, 5.41) is 0. The highest BCUT2D eigenvalue weighted by atomic mass is 35.5. The zero-order chi connectivity index (χ0) is 14.9. The minimum Gasteiger partial charge on any atom is -0.311 e. The topological polar surface area (TPSA) is 20.3 Å². The molecular weight excluding hydrogens is 294 g/mol. The number of anilines is 1. The van der Waals surface area contributed by atoms with Crippen molar-refractivity contribution in [2.24, 2.45) is 17.3 Å². The van der Waals surface area contributed by atoms with Gasteiger partial charge in [0.15, 0.2) is 0 Å². The molecule has 22 heavy (non-hydrogen) atoms. The zero-order valence-electron chi connectivity index (χ0n) is 12.9. The number of amides is 1. The maximum atomic E-state index is 13.5. The second kappa shape index (κ2) is 4.29. The molecule has 4 saturated carbocycles. The van der Waals surface area contributed by atoms with Crippen molar-refractivity contribution in [3.8, 4) is 0 Å². The van der Waals surface area contributed by atoms with E-state index in [-0.39, 0.29) is 10.3 Å². The van der Waals surface area contributed by atoms with Crippen LogP contribution in [0.5, 0.6) is 0 Å². The number of carbonyl (C=O) groups excluding carboxylic acids is 1. The molecule has 1 amide bonds. The fraction of sp³-hybridized carbons (Fsp3) is 0.632. The third kappa shape index (κ3) is 1.76. The summed E-state index contributed by atoms with van der Waals surface area (Å²) in [6.07, 6.45) is 7.64. The average molecular weight is 316 g/mol. The lowest BCUT2D eigenvalue weighted by Crippen LogP contribution is -2.59. The van der Waals surface area contributed by atoms with Gasteiger partial charge < -0.3 is 4.90 Å². The highest BCUT2D eigenvalue weighted by molar-refractivity contribution is 6.24. The minimum atomic E-state index is -0.163. The molecule has 6 rings (SSSR count). The number of rotatable bonds is 1. The molecule has 1 aliphatic heterocycles. The highest BCUT2D eigenvalue weighted by Gasteiger charge is 2.61. The van der Waals surface area contributed by atoms with Crippen LogP contribution in [0, 0.1) is 17.3 Å². The van der Waals surface area contributed by atoms with Crippen LogP contribution in [0.2, 0.25) is 0 Å². The van der Waals surface area contributed by atoms with Gasteiger partial charge in [0.05, 0.1) is 5.41 Å². The summed E-state index contributed by atoms with van der Waals surface area (Å²) in [7, 11) is 0. The second-order valence-electron chi connectivity index (χ2n) is 8.23. The van der Waals surface area contributed by atoms with E-state index in [9.17, 15) is 4.79 Å². The van der Waals surface area contributed by atoms with Gasteiger partial charge in [0, 0.05) is 17.1 Å². The van der Waals surface area contributed by atoms with Gasteiger partial charge >= 0.3 is 0 Å². The normalized spacial score (nSPS) is 41.8. The number of hydrogen-bond donors (Lipinski definition) is 0. The molecule has 4 aliphatic carbocycles. The van der Waals surface area contributed by atoms with Crippen molar-refractivity contribution in [3.63, 3.8) is 0 Å². The van der Waals surface area contributed by atoms with Crippen LogP contribution in [0.25, 0.3) is 0 Å². The van der Waals surface area contributed by atoms with Crippen LogP contribution in [-0.4, -0.2) is 17.3 Å². The lowest BCUT2D eigenvalue weighted by Gasteiger charge is -2.59. The predicted molar refractivity (Wildman–Crippen MR) is 88.2 cm³/mol. The Morgan fingerprint density at radius 3 is 2.59 bits per heavy atom. The van der Waals surface area contributed by atoms with E-state index in [0.717, 1.165) is 50.8 Å². The van der Waals surface area contributed by atoms with Crippen molar-refractivity contribution in [2.45, 2.75) is 49.8 Å². The Kier molecular flexibility index (Phi) is 2.61. The van der Waals surface area contributed by atoms with Gasteiger partial charge in [-0.25, -0.2) is 0 Å². The van der Waals surface area contributed by atoms with Gasteiger partial charge in [0.2, 0.25) is 5.91 Å². The third-order valence-corrected chi connectivity index (χ3v) is 7.02. The molecule has 2 nitrogen and oxygen atoms in total. The molecule has 1 heterocycles. The summed E-state index contributed by atoms with van der Waals surface area (Å²) in [6, 6.07) is 8.39. The van der Waals surface area contributed by atoms with Crippen molar-refractivity contribution >= 4 is 23.2 Å². The Morgan fingerprint density at radius 2 is 1.86 bits per heavy atom. The van der Waals surface area contributed by atoms with Gasteiger partial charge in [-0.15, -0.1) is 11.6 Å². The SMILES string of the molecule is O=C(N1CCc2ccccc21)C12C[C@@H]3C[C@H](CC(Cl)(C3)C1)C2. The highest BCUT2D eigenvalue weighted by Crippen LogP contribution is 2.64. The van der Waals surface area contributed by atoms with Gasteiger partial charge in [0.1, 0.15) is 0 Å². The lowest BCUT2D eigenvalue weighted by molar-refractivity contribution is -0.141. The molecule has 0 aromatic heterocycles. The molecule has 0 spiro atoms. The van der Waals surface area contributed by atoms with Crippen LogP contribution in [-0.2, 0) is 11.2 Å². The van der Waals surface area contributed by atoms with Crippen LogP contribution >= 0.6 is 11.6 Å². The number of benzene rings is 1.